The van der Waals surface area contributed by atoms with Crippen molar-refractivity contribution in [2.24, 2.45) is 14.1 Å². The monoisotopic (exact) mass is 408 g/mol. The van der Waals surface area contributed by atoms with Gasteiger partial charge < -0.3 is 14.5 Å². The first kappa shape index (κ1) is 20.7. The SMILES string of the molecule is C[C@@H]1CCC[C@@H](C)N1CCCNC(=O)c1cc2c(=O)n(C)c3ccccc3c2n1C. The number of rotatable bonds is 5. The Morgan fingerprint density at radius 3 is 2.50 bits per heavy atom. The van der Waals surface area contributed by atoms with Gasteiger partial charge in [-0.3, -0.25) is 14.5 Å². The lowest BCUT2D eigenvalue weighted by Crippen LogP contribution is -2.44. The molecule has 0 saturated carbocycles. The Morgan fingerprint density at radius 2 is 1.77 bits per heavy atom. The molecular formula is C24H32N4O2. The van der Waals surface area contributed by atoms with Crippen LogP contribution in [0.2, 0.25) is 0 Å². The molecule has 0 aliphatic carbocycles. The van der Waals surface area contributed by atoms with Crippen molar-refractivity contribution in [3.63, 3.8) is 0 Å². The van der Waals surface area contributed by atoms with E-state index in [-0.39, 0.29) is 11.5 Å². The molecule has 1 fully saturated rings. The molecule has 0 spiro atoms. The standard InChI is InChI=1S/C24H32N4O2/c1-16-9-7-10-17(2)28(16)14-8-13-25-23(29)21-15-19-22(26(21)3)18-11-5-6-12-20(18)27(4)24(19)30/h5-6,11-12,15-17H,7-10,13-14H2,1-4H3,(H,25,29)/t16-,17-/m1/s1. The third kappa shape index (κ3) is 3.54. The topological polar surface area (TPSA) is 59.3 Å². The van der Waals surface area contributed by atoms with Crippen LogP contribution in [0.4, 0.5) is 0 Å². The van der Waals surface area contributed by atoms with Crippen molar-refractivity contribution in [3.8, 4) is 0 Å². The predicted octanol–water partition coefficient (Wildman–Crippen LogP) is 3.41. The Labute approximate surface area is 177 Å². The fourth-order valence-corrected chi connectivity index (χ4v) is 5.04. The number of para-hydroxylation sites is 1. The Morgan fingerprint density at radius 1 is 1.07 bits per heavy atom. The summed E-state index contributed by atoms with van der Waals surface area (Å²) in [5, 5.41) is 4.62. The van der Waals surface area contributed by atoms with Crippen molar-refractivity contribution in [1.29, 1.82) is 0 Å². The van der Waals surface area contributed by atoms with E-state index in [0.29, 0.717) is 29.7 Å². The molecule has 0 radical (unpaired) electrons. The molecule has 1 N–H and O–H groups in total. The average molecular weight is 409 g/mol. The Balaban J connectivity index is 1.51. The summed E-state index contributed by atoms with van der Waals surface area (Å²) in [6, 6.07) is 10.8. The number of aryl methyl sites for hydroxylation is 2. The molecule has 30 heavy (non-hydrogen) atoms. The van der Waals surface area contributed by atoms with E-state index in [1.54, 1.807) is 17.7 Å². The van der Waals surface area contributed by atoms with Crippen molar-refractivity contribution in [2.45, 2.75) is 51.6 Å². The van der Waals surface area contributed by atoms with Crippen molar-refractivity contribution in [1.82, 2.24) is 19.4 Å². The highest BCUT2D eigenvalue weighted by Gasteiger charge is 2.24. The maximum absolute atomic E-state index is 12.9. The number of fused-ring (bicyclic) bond motifs is 3. The van der Waals surface area contributed by atoms with E-state index >= 15 is 0 Å². The fourth-order valence-electron chi connectivity index (χ4n) is 5.04. The highest BCUT2D eigenvalue weighted by atomic mass is 16.2. The molecule has 6 heteroatoms. The Hall–Kier alpha value is -2.60. The lowest BCUT2D eigenvalue weighted by atomic mass is 9.97. The molecule has 4 rings (SSSR count). The molecule has 1 saturated heterocycles. The molecule has 6 nitrogen and oxygen atoms in total. The van der Waals surface area contributed by atoms with Gasteiger partial charge in [-0.05, 0) is 45.2 Å². The molecule has 160 valence electrons. The quantitative estimate of drug-likeness (QED) is 0.658. The van der Waals surface area contributed by atoms with Crippen molar-refractivity contribution >= 4 is 27.7 Å². The number of hydrogen-bond donors (Lipinski definition) is 1. The van der Waals surface area contributed by atoms with Gasteiger partial charge >= 0.3 is 0 Å². The fraction of sp³-hybridized carbons (Fsp3) is 0.500. The van der Waals surface area contributed by atoms with Gasteiger partial charge in [0.05, 0.1) is 16.4 Å². The zero-order valence-corrected chi connectivity index (χ0v) is 18.4. The molecular weight excluding hydrogens is 376 g/mol. The van der Waals surface area contributed by atoms with Crippen LogP contribution in [0.15, 0.2) is 35.1 Å². The maximum atomic E-state index is 12.9. The van der Waals surface area contributed by atoms with E-state index in [1.165, 1.54) is 19.3 Å². The zero-order valence-electron chi connectivity index (χ0n) is 18.4. The van der Waals surface area contributed by atoms with Crippen molar-refractivity contribution < 1.29 is 4.79 Å². The highest BCUT2D eigenvalue weighted by Crippen LogP contribution is 2.25. The largest absolute Gasteiger partial charge is 0.351 e. The summed E-state index contributed by atoms with van der Waals surface area (Å²) < 4.78 is 3.50. The van der Waals surface area contributed by atoms with E-state index in [1.807, 2.05) is 35.9 Å². The van der Waals surface area contributed by atoms with Gasteiger partial charge in [-0.1, -0.05) is 24.6 Å². The van der Waals surface area contributed by atoms with Crippen LogP contribution < -0.4 is 10.9 Å². The lowest BCUT2D eigenvalue weighted by molar-refractivity contribution is 0.0919. The second kappa shape index (κ2) is 8.26. The second-order valence-electron chi connectivity index (χ2n) is 8.71. The maximum Gasteiger partial charge on any atom is 0.267 e. The number of nitrogens with zero attached hydrogens (tertiary/aromatic N) is 3. The van der Waals surface area contributed by atoms with Crippen LogP contribution in [-0.4, -0.2) is 45.1 Å². The third-order valence-corrected chi connectivity index (χ3v) is 6.78. The van der Waals surface area contributed by atoms with Gasteiger partial charge in [-0.15, -0.1) is 0 Å². The Kier molecular flexibility index (Phi) is 5.69. The van der Waals surface area contributed by atoms with Gasteiger partial charge in [0.1, 0.15) is 5.69 Å². The lowest BCUT2D eigenvalue weighted by Gasteiger charge is -2.39. The van der Waals surface area contributed by atoms with Gasteiger partial charge in [0.2, 0.25) is 0 Å². The molecule has 1 amide bonds. The number of likely N-dealkylation sites (tertiary alicyclic amines) is 1. The number of pyridine rings is 1. The summed E-state index contributed by atoms with van der Waals surface area (Å²) in [7, 11) is 3.64. The number of carbonyl (C=O) groups is 1. The van der Waals surface area contributed by atoms with Crippen LogP contribution in [0.5, 0.6) is 0 Å². The molecule has 1 aromatic carbocycles. The molecule has 0 unspecified atom stereocenters. The first-order valence-electron chi connectivity index (χ1n) is 11.0. The molecule has 1 aliphatic heterocycles. The number of aromatic nitrogens is 2. The van der Waals surface area contributed by atoms with Crippen LogP contribution in [0.3, 0.4) is 0 Å². The summed E-state index contributed by atoms with van der Waals surface area (Å²) in [5.74, 6) is -0.125. The van der Waals surface area contributed by atoms with E-state index < -0.39 is 0 Å². The van der Waals surface area contributed by atoms with Crippen molar-refractivity contribution in [3.05, 3.63) is 46.4 Å². The first-order chi connectivity index (χ1) is 14.4. The molecule has 2 atom stereocenters. The van der Waals surface area contributed by atoms with Crippen LogP contribution in [0, 0.1) is 0 Å². The van der Waals surface area contributed by atoms with E-state index in [4.69, 9.17) is 0 Å². The summed E-state index contributed by atoms with van der Waals surface area (Å²) in [5.41, 5.74) is 2.13. The molecule has 1 aliphatic rings. The normalized spacial score (nSPS) is 20.1. The smallest absolute Gasteiger partial charge is 0.267 e. The summed E-state index contributed by atoms with van der Waals surface area (Å²) in [4.78, 5) is 28.3. The number of benzene rings is 1. The van der Waals surface area contributed by atoms with Crippen LogP contribution >= 0.6 is 0 Å². The van der Waals surface area contributed by atoms with Crippen LogP contribution in [-0.2, 0) is 14.1 Å². The number of hydrogen-bond acceptors (Lipinski definition) is 3. The summed E-state index contributed by atoms with van der Waals surface area (Å²) in [6.07, 6.45) is 4.75. The van der Waals surface area contributed by atoms with Gasteiger partial charge in [-0.2, -0.15) is 0 Å². The predicted molar refractivity (Wildman–Crippen MR) is 122 cm³/mol. The molecule has 0 bridgehead atoms. The average Bonchev–Trinajstić information content (AvgIpc) is 3.08. The van der Waals surface area contributed by atoms with Gasteiger partial charge in [0, 0.05) is 44.7 Å². The number of nitrogens with one attached hydrogen (secondary N) is 1. The van der Waals surface area contributed by atoms with Gasteiger partial charge in [-0.25, -0.2) is 0 Å². The van der Waals surface area contributed by atoms with E-state index in [0.717, 1.165) is 29.4 Å². The number of carbonyl (C=O) groups excluding carboxylic acids is 1. The first-order valence-corrected chi connectivity index (χ1v) is 11.0. The van der Waals surface area contributed by atoms with E-state index in [2.05, 4.69) is 24.1 Å². The minimum atomic E-state index is -0.125. The molecule has 3 aromatic rings. The summed E-state index contributed by atoms with van der Waals surface area (Å²) >= 11 is 0. The van der Waals surface area contributed by atoms with E-state index in [9.17, 15) is 9.59 Å². The zero-order chi connectivity index (χ0) is 21.4. The van der Waals surface area contributed by atoms with Crippen molar-refractivity contribution in [2.75, 3.05) is 13.1 Å². The third-order valence-electron chi connectivity index (χ3n) is 6.78. The van der Waals surface area contributed by atoms with Gasteiger partial charge in [0.15, 0.2) is 0 Å². The van der Waals surface area contributed by atoms with Crippen LogP contribution in [0.25, 0.3) is 21.8 Å². The minimum Gasteiger partial charge on any atom is -0.351 e. The number of amides is 1. The Bertz CT molecular complexity index is 1130. The molecule has 3 heterocycles. The minimum absolute atomic E-state index is 0.0774. The highest BCUT2D eigenvalue weighted by molar-refractivity contribution is 6.08. The summed E-state index contributed by atoms with van der Waals surface area (Å²) in [6.45, 7) is 6.24. The second-order valence-corrected chi connectivity index (χ2v) is 8.71. The molecule has 2 aromatic heterocycles. The van der Waals surface area contributed by atoms with Gasteiger partial charge in [0.25, 0.3) is 11.5 Å². The van der Waals surface area contributed by atoms with Crippen LogP contribution in [0.1, 0.15) is 50.0 Å². The number of piperidine rings is 1.